The van der Waals surface area contributed by atoms with E-state index in [0.717, 1.165) is 19.4 Å². The van der Waals surface area contributed by atoms with Crippen molar-refractivity contribution < 1.29 is 47.2 Å². The van der Waals surface area contributed by atoms with Crippen LogP contribution in [0.25, 0.3) is 32.9 Å². The number of pyridine rings is 1. The van der Waals surface area contributed by atoms with Crippen LogP contribution in [0.4, 0.5) is 23.8 Å². The number of aromatic hydroxyl groups is 1. The van der Waals surface area contributed by atoms with Crippen LogP contribution in [0, 0.1) is 34.8 Å². The SMILES string of the molecule is C#Cc1c(F)ccc2cc(O)cc(-c3nc(OC)c4c(N5CC(CC)N(C(=O)NCC6(C)COC6)C(CC)C5)nc(OCC5(CN6CCC(F)CC6)CC5)nc4c3F)c12.O=CO. The zero-order valence-electron chi connectivity index (χ0n) is 35.6. The summed E-state index contributed by atoms with van der Waals surface area (Å²) in [7, 11) is 1.41. The van der Waals surface area contributed by atoms with Gasteiger partial charge in [-0.3, -0.25) is 4.79 Å². The van der Waals surface area contributed by atoms with Crippen LogP contribution in [0.1, 0.15) is 64.9 Å². The number of terminal acetylenes is 1. The number of fused-ring (bicyclic) bond motifs is 2. The molecule has 14 nitrogen and oxygen atoms in total. The molecule has 0 bridgehead atoms. The first-order chi connectivity index (χ1) is 29.8. The Labute approximate surface area is 358 Å². The van der Waals surface area contributed by atoms with Gasteiger partial charge < -0.3 is 44.4 Å². The van der Waals surface area contributed by atoms with Crippen LogP contribution in [0.2, 0.25) is 0 Å². The lowest BCUT2D eigenvalue weighted by molar-refractivity contribution is -0.122. The lowest BCUT2D eigenvalue weighted by atomic mass is 9.89. The molecule has 62 heavy (non-hydrogen) atoms. The van der Waals surface area contributed by atoms with Gasteiger partial charge in [0.1, 0.15) is 40.2 Å². The second kappa shape index (κ2) is 18.4. The number of hydrogen-bond acceptors (Lipinski definition) is 11. The van der Waals surface area contributed by atoms with Gasteiger partial charge in [-0.05, 0) is 62.1 Å². The number of nitrogens with one attached hydrogen (secondary N) is 1. The molecule has 17 heteroatoms. The fraction of sp³-hybridized carbons (Fsp3) is 0.533. The number of carbonyl (C=O) groups is 2. The number of aromatic nitrogens is 3. The van der Waals surface area contributed by atoms with Crippen molar-refractivity contribution in [1.29, 1.82) is 0 Å². The Morgan fingerprint density at radius 2 is 1.76 bits per heavy atom. The molecule has 0 radical (unpaired) electrons. The molecule has 4 aromatic rings. The summed E-state index contributed by atoms with van der Waals surface area (Å²) in [6.07, 6.45) is 9.15. The summed E-state index contributed by atoms with van der Waals surface area (Å²) in [6.45, 7) is 10.7. The molecule has 3 N–H and O–H groups in total. The maximum Gasteiger partial charge on any atom is 0.319 e. The summed E-state index contributed by atoms with van der Waals surface area (Å²) in [6, 6.07) is 4.73. The predicted molar refractivity (Wildman–Crippen MR) is 227 cm³/mol. The van der Waals surface area contributed by atoms with Gasteiger partial charge in [0.15, 0.2) is 5.82 Å². The number of ether oxygens (including phenoxy) is 3. The van der Waals surface area contributed by atoms with Gasteiger partial charge in [-0.1, -0.05) is 32.8 Å². The van der Waals surface area contributed by atoms with Crippen LogP contribution >= 0.6 is 0 Å². The van der Waals surface area contributed by atoms with Crippen LogP contribution in [-0.4, -0.2) is 132 Å². The van der Waals surface area contributed by atoms with Gasteiger partial charge in [-0.15, -0.1) is 6.42 Å². The summed E-state index contributed by atoms with van der Waals surface area (Å²) < 4.78 is 64.3. The standard InChI is InChI=1S/C44H52F3N7O5.CH2O2/c1-6-28-19-53(20-29(7-2)54(28)42(56)48-21-43(4)23-58-24-43)39-35-38(50-41(51-39)59-25-44(13-14-44)22-52-15-11-27(45)12-16-52)36(47)37(49-40(35)57-5)32-18-30(55)17-26-9-10-33(46)31(8-3)34(26)32;2-1-3/h3,9-10,17-18,27-29,55H,6-7,11-16,19-25H2,1-2,4-5H3,(H,48,56);1H,(H,2,3). The Morgan fingerprint density at radius 3 is 2.34 bits per heavy atom. The molecule has 3 saturated heterocycles. The minimum Gasteiger partial charge on any atom is -0.508 e. The third-order valence-corrected chi connectivity index (χ3v) is 12.6. The van der Waals surface area contributed by atoms with Crippen molar-refractivity contribution >= 4 is 40.0 Å². The number of rotatable bonds is 12. The molecule has 1 aliphatic carbocycles. The van der Waals surface area contributed by atoms with Crippen LogP contribution < -0.4 is 19.7 Å². The van der Waals surface area contributed by atoms with Crippen molar-refractivity contribution in [2.45, 2.75) is 77.6 Å². The summed E-state index contributed by atoms with van der Waals surface area (Å²) >= 11 is 0. The molecule has 2 aromatic carbocycles. The van der Waals surface area contributed by atoms with E-state index in [0.29, 0.717) is 82.8 Å². The van der Waals surface area contributed by atoms with E-state index in [1.807, 2.05) is 23.6 Å². The normalized spacial score (nSPS) is 20.7. The zero-order valence-corrected chi connectivity index (χ0v) is 35.6. The van der Waals surface area contributed by atoms with Gasteiger partial charge in [-0.25, -0.2) is 22.9 Å². The number of alkyl halides is 1. The lowest BCUT2D eigenvalue weighted by Gasteiger charge is -2.47. The fourth-order valence-electron chi connectivity index (χ4n) is 8.90. The first kappa shape index (κ1) is 44.5. The number of piperazine rings is 1. The van der Waals surface area contributed by atoms with E-state index in [1.54, 1.807) is 0 Å². The minimum absolute atomic E-state index is 0.000244. The third kappa shape index (κ3) is 8.98. The number of carbonyl (C=O) groups excluding carboxylic acids is 1. The van der Waals surface area contributed by atoms with Crippen LogP contribution in [0.15, 0.2) is 24.3 Å². The Morgan fingerprint density at radius 1 is 1.08 bits per heavy atom. The molecular formula is C45H54F3N7O7. The lowest BCUT2D eigenvalue weighted by Crippen LogP contribution is -2.63. The molecule has 0 spiro atoms. The van der Waals surface area contributed by atoms with E-state index >= 15 is 8.78 Å². The van der Waals surface area contributed by atoms with Gasteiger partial charge >= 0.3 is 12.0 Å². The van der Waals surface area contributed by atoms with E-state index in [4.69, 9.17) is 35.5 Å². The minimum atomic E-state index is -0.866. The third-order valence-electron chi connectivity index (χ3n) is 12.6. The second-order valence-corrected chi connectivity index (χ2v) is 17.2. The van der Waals surface area contributed by atoms with Crippen molar-refractivity contribution in [3.63, 3.8) is 0 Å². The first-order valence-electron chi connectivity index (χ1n) is 21.1. The number of halogens is 3. The van der Waals surface area contributed by atoms with Crippen molar-refractivity contribution in [3.8, 4) is 41.2 Å². The van der Waals surface area contributed by atoms with E-state index in [1.165, 1.54) is 31.4 Å². The summed E-state index contributed by atoms with van der Waals surface area (Å²) in [5.41, 5.74) is -0.721. The van der Waals surface area contributed by atoms with Gasteiger partial charge in [0, 0.05) is 61.0 Å². The molecular weight excluding hydrogens is 808 g/mol. The largest absolute Gasteiger partial charge is 0.508 e. The van der Waals surface area contributed by atoms with E-state index in [9.17, 15) is 14.3 Å². The number of likely N-dealkylation sites (tertiary alicyclic amines) is 1. The second-order valence-electron chi connectivity index (χ2n) is 17.2. The number of urea groups is 1. The average Bonchev–Trinajstić information content (AvgIpc) is 4.03. The Bertz CT molecular complexity index is 2330. The molecule has 8 rings (SSSR count). The zero-order chi connectivity index (χ0) is 44.3. The molecule has 2 amide bonds. The van der Waals surface area contributed by atoms with Gasteiger partial charge in [0.25, 0.3) is 6.47 Å². The number of hydrogen-bond donors (Lipinski definition) is 3. The summed E-state index contributed by atoms with van der Waals surface area (Å²) in [5.74, 6) is 0.970. The fourth-order valence-corrected chi connectivity index (χ4v) is 8.90. The number of anilines is 1. The highest BCUT2D eigenvalue weighted by molar-refractivity contribution is 6.04. The highest BCUT2D eigenvalue weighted by Gasteiger charge is 2.46. The van der Waals surface area contributed by atoms with Crippen LogP contribution in [0.5, 0.6) is 17.6 Å². The molecule has 4 fully saturated rings. The molecule has 2 atom stereocenters. The van der Waals surface area contributed by atoms with Crippen molar-refractivity contribution in [2.24, 2.45) is 10.8 Å². The van der Waals surface area contributed by atoms with Crippen molar-refractivity contribution in [1.82, 2.24) is 30.1 Å². The maximum absolute atomic E-state index is 17.5. The average molecular weight is 862 g/mol. The molecule has 1 saturated carbocycles. The Hall–Kier alpha value is -5.60. The molecule has 2 aromatic heterocycles. The van der Waals surface area contributed by atoms with Crippen molar-refractivity contribution in [2.75, 3.05) is 71.1 Å². The van der Waals surface area contributed by atoms with Crippen molar-refractivity contribution in [3.05, 3.63) is 41.5 Å². The quantitative estimate of drug-likeness (QED) is 0.104. The van der Waals surface area contributed by atoms with Gasteiger partial charge in [0.05, 0.1) is 44.6 Å². The molecule has 3 aliphatic heterocycles. The molecule has 332 valence electrons. The Kier molecular flexibility index (Phi) is 13.2. The number of phenols is 1. The maximum atomic E-state index is 17.5. The topological polar surface area (TPSA) is 163 Å². The number of methoxy groups -OCH3 is 1. The monoisotopic (exact) mass is 861 g/mol. The number of phenolic OH excluding ortho intramolecular Hbond substituents is 1. The van der Waals surface area contributed by atoms with E-state index in [2.05, 4.69) is 33.0 Å². The Balaban J connectivity index is 0.00000187. The number of nitrogens with zero attached hydrogens (tertiary/aromatic N) is 6. The number of amides is 2. The predicted octanol–water partition coefficient (Wildman–Crippen LogP) is 6.54. The molecule has 5 heterocycles. The highest BCUT2D eigenvalue weighted by Crippen LogP contribution is 2.48. The highest BCUT2D eigenvalue weighted by atomic mass is 19.1. The number of carboxylic acid groups (broad SMARTS) is 1. The summed E-state index contributed by atoms with van der Waals surface area (Å²) in [5, 5.41) is 21.6. The molecule has 2 unspecified atom stereocenters. The van der Waals surface area contributed by atoms with Crippen LogP contribution in [-0.2, 0) is 9.53 Å². The van der Waals surface area contributed by atoms with Gasteiger partial charge in [-0.2, -0.15) is 9.97 Å². The number of benzene rings is 2. The van der Waals surface area contributed by atoms with E-state index < -0.39 is 17.8 Å². The smallest absolute Gasteiger partial charge is 0.319 e. The first-order valence-corrected chi connectivity index (χ1v) is 21.1. The number of piperidine rings is 1. The van der Waals surface area contributed by atoms with Gasteiger partial charge in [0.2, 0.25) is 5.88 Å². The molecule has 4 aliphatic rings. The summed E-state index contributed by atoms with van der Waals surface area (Å²) in [4.78, 5) is 42.7. The van der Waals surface area contributed by atoms with E-state index in [-0.39, 0.29) is 92.8 Å². The van der Waals surface area contributed by atoms with Crippen LogP contribution in [0.3, 0.4) is 0 Å².